The van der Waals surface area contributed by atoms with Crippen LogP contribution in [0.15, 0.2) is 0 Å². The number of hydrogen-bond donors (Lipinski definition) is 2. The Hall–Kier alpha value is -0.0800. The number of hydrogen-bond acceptors (Lipinski definition) is 2. The van der Waals surface area contributed by atoms with Crippen molar-refractivity contribution in [2.75, 3.05) is 6.54 Å². The van der Waals surface area contributed by atoms with Crippen LogP contribution in [0.5, 0.6) is 0 Å². The Morgan fingerprint density at radius 2 is 1.50 bits per heavy atom. The van der Waals surface area contributed by atoms with E-state index in [2.05, 4.69) is 33.0 Å². The van der Waals surface area contributed by atoms with E-state index >= 15 is 0 Å². The Labute approximate surface area is 99.8 Å². The van der Waals surface area contributed by atoms with Gasteiger partial charge in [0.2, 0.25) is 0 Å². The van der Waals surface area contributed by atoms with Gasteiger partial charge in [0.1, 0.15) is 0 Å². The third-order valence-electron chi connectivity index (χ3n) is 5.63. The Kier molecular flexibility index (Phi) is 3.09. The molecule has 0 atom stereocenters. The third kappa shape index (κ3) is 2.02. The summed E-state index contributed by atoms with van der Waals surface area (Å²) in [5, 5.41) is 13.2. The normalized spacial score (nSPS) is 37.3. The molecule has 2 fully saturated rings. The second-order valence-electron chi connectivity index (χ2n) is 6.91. The summed E-state index contributed by atoms with van der Waals surface area (Å²) in [6.45, 7) is 10.7. The highest BCUT2D eigenvalue weighted by atomic mass is 16.3. The molecule has 2 heteroatoms. The molecule has 0 amide bonds. The van der Waals surface area contributed by atoms with Crippen molar-refractivity contribution in [1.82, 2.24) is 5.32 Å². The minimum Gasteiger partial charge on any atom is -0.393 e. The lowest BCUT2D eigenvalue weighted by molar-refractivity contribution is 0.116. The SMILES string of the molecule is CC1(C)C(CNC2CCC(O)CC2)C1(C)C. The molecule has 0 aromatic heterocycles. The Bertz CT molecular complexity index is 237. The summed E-state index contributed by atoms with van der Waals surface area (Å²) < 4.78 is 0. The van der Waals surface area contributed by atoms with Gasteiger partial charge in [-0.05, 0) is 49.0 Å². The van der Waals surface area contributed by atoms with E-state index in [0.29, 0.717) is 16.9 Å². The Balaban J connectivity index is 1.73. The second kappa shape index (κ2) is 3.99. The molecule has 0 unspecified atom stereocenters. The molecule has 0 radical (unpaired) electrons. The molecule has 16 heavy (non-hydrogen) atoms. The van der Waals surface area contributed by atoms with E-state index in [1.165, 1.54) is 0 Å². The first-order valence-electron chi connectivity index (χ1n) is 6.77. The molecule has 0 bridgehead atoms. The van der Waals surface area contributed by atoms with Crippen molar-refractivity contribution in [3.63, 3.8) is 0 Å². The standard InChI is InChI=1S/C14H27NO/c1-13(2)12(14(13,3)4)9-15-10-5-7-11(16)8-6-10/h10-12,15-16H,5-9H2,1-4H3. The molecule has 0 heterocycles. The van der Waals surface area contributed by atoms with Crippen molar-refractivity contribution >= 4 is 0 Å². The first-order valence-corrected chi connectivity index (χ1v) is 6.77. The van der Waals surface area contributed by atoms with E-state index < -0.39 is 0 Å². The summed E-state index contributed by atoms with van der Waals surface area (Å²) in [4.78, 5) is 0. The van der Waals surface area contributed by atoms with Crippen LogP contribution in [0.3, 0.4) is 0 Å². The summed E-state index contributed by atoms with van der Waals surface area (Å²) in [5.41, 5.74) is 0.988. The quantitative estimate of drug-likeness (QED) is 0.773. The minimum atomic E-state index is -0.0353. The van der Waals surface area contributed by atoms with Crippen molar-refractivity contribution in [2.45, 2.75) is 65.5 Å². The number of aliphatic hydroxyl groups excluding tert-OH is 1. The van der Waals surface area contributed by atoms with Crippen LogP contribution in [-0.2, 0) is 0 Å². The van der Waals surface area contributed by atoms with E-state index in [9.17, 15) is 5.11 Å². The summed E-state index contributed by atoms with van der Waals surface area (Å²) in [5.74, 6) is 0.812. The molecule has 2 rings (SSSR count). The fraction of sp³-hybridized carbons (Fsp3) is 1.00. The Morgan fingerprint density at radius 3 is 1.94 bits per heavy atom. The van der Waals surface area contributed by atoms with Gasteiger partial charge in [0.25, 0.3) is 0 Å². The van der Waals surface area contributed by atoms with Gasteiger partial charge in [-0.15, -0.1) is 0 Å². The van der Waals surface area contributed by atoms with Crippen LogP contribution >= 0.6 is 0 Å². The zero-order valence-electron chi connectivity index (χ0n) is 11.2. The summed E-state index contributed by atoms with van der Waals surface area (Å²) in [6.07, 6.45) is 4.22. The lowest BCUT2D eigenvalue weighted by atomic mass is 9.93. The van der Waals surface area contributed by atoms with Crippen LogP contribution in [0, 0.1) is 16.7 Å². The molecule has 2 nitrogen and oxygen atoms in total. The first kappa shape index (κ1) is 12.4. The lowest BCUT2D eigenvalue weighted by Crippen LogP contribution is -2.36. The average Bonchev–Trinajstić information content (AvgIpc) is 2.58. The van der Waals surface area contributed by atoms with Crippen molar-refractivity contribution in [3.8, 4) is 0 Å². The molecule has 0 spiro atoms. The van der Waals surface area contributed by atoms with Gasteiger partial charge < -0.3 is 10.4 Å². The van der Waals surface area contributed by atoms with E-state index in [1.54, 1.807) is 0 Å². The van der Waals surface area contributed by atoms with Gasteiger partial charge in [-0.25, -0.2) is 0 Å². The van der Waals surface area contributed by atoms with Gasteiger partial charge in [0, 0.05) is 6.04 Å². The molecule has 0 aromatic rings. The van der Waals surface area contributed by atoms with Gasteiger partial charge in [-0.2, -0.15) is 0 Å². The molecule has 0 saturated heterocycles. The van der Waals surface area contributed by atoms with Crippen LogP contribution in [0.25, 0.3) is 0 Å². The average molecular weight is 225 g/mol. The fourth-order valence-electron chi connectivity index (χ4n) is 3.41. The highest BCUT2D eigenvalue weighted by molar-refractivity contribution is 5.13. The molecule has 2 aliphatic rings. The largest absolute Gasteiger partial charge is 0.393 e. The zero-order chi connectivity index (χ0) is 12.0. The third-order valence-corrected chi connectivity index (χ3v) is 5.63. The van der Waals surface area contributed by atoms with Crippen LogP contribution in [0.1, 0.15) is 53.4 Å². The molecule has 0 aromatic carbocycles. The van der Waals surface area contributed by atoms with Crippen molar-refractivity contribution in [3.05, 3.63) is 0 Å². The molecule has 2 aliphatic carbocycles. The summed E-state index contributed by atoms with van der Waals surface area (Å²) in [7, 11) is 0. The maximum absolute atomic E-state index is 9.46. The van der Waals surface area contributed by atoms with Crippen molar-refractivity contribution in [2.24, 2.45) is 16.7 Å². The second-order valence-corrected chi connectivity index (χ2v) is 6.91. The molecule has 94 valence electrons. The van der Waals surface area contributed by atoms with Gasteiger partial charge in [-0.3, -0.25) is 0 Å². The molecule has 0 aliphatic heterocycles. The smallest absolute Gasteiger partial charge is 0.0541 e. The van der Waals surface area contributed by atoms with Gasteiger partial charge in [-0.1, -0.05) is 27.7 Å². The van der Waals surface area contributed by atoms with E-state index in [1.807, 2.05) is 0 Å². The molecular weight excluding hydrogens is 198 g/mol. The number of rotatable bonds is 3. The van der Waals surface area contributed by atoms with Crippen LogP contribution in [-0.4, -0.2) is 23.8 Å². The monoisotopic (exact) mass is 225 g/mol. The van der Waals surface area contributed by atoms with Gasteiger partial charge >= 0.3 is 0 Å². The van der Waals surface area contributed by atoms with Crippen LogP contribution in [0.2, 0.25) is 0 Å². The maximum Gasteiger partial charge on any atom is 0.0541 e. The summed E-state index contributed by atoms with van der Waals surface area (Å²) >= 11 is 0. The highest BCUT2D eigenvalue weighted by Crippen LogP contribution is 2.67. The lowest BCUT2D eigenvalue weighted by Gasteiger charge is -2.26. The topological polar surface area (TPSA) is 32.3 Å². The predicted molar refractivity (Wildman–Crippen MR) is 67.3 cm³/mol. The number of nitrogens with one attached hydrogen (secondary N) is 1. The van der Waals surface area contributed by atoms with Crippen LogP contribution in [0.4, 0.5) is 0 Å². The molecular formula is C14H27NO. The predicted octanol–water partition coefficient (Wildman–Crippen LogP) is 2.56. The van der Waals surface area contributed by atoms with E-state index in [0.717, 1.165) is 38.1 Å². The molecule has 2 N–H and O–H groups in total. The van der Waals surface area contributed by atoms with E-state index in [-0.39, 0.29) is 6.10 Å². The van der Waals surface area contributed by atoms with Crippen LogP contribution < -0.4 is 5.32 Å². The highest BCUT2D eigenvalue weighted by Gasteiger charge is 2.63. The zero-order valence-corrected chi connectivity index (χ0v) is 11.2. The maximum atomic E-state index is 9.46. The van der Waals surface area contributed by atoms with E-state index in [4.69, 9.17) is 0 Å². The van der Waals surface area contributed by atoms with Gasteiger partial charge in [0.15, 0.2) is 0 Å². The number of aliphatic hydroxyl groups is 1. The van der Waals surface area contributed by atoms with Gasteiger partial charge in [0.05, 0.1) is 6.10 Å². The van der Waals surface area contributed by atoms with Crippen molar-refractivity contribution < 1.29 is 5.11 Å². The minimum absolute atomic E-state index is 0.0353. The molecule has 2 saturated carbocycles. The van der Waals surface area contributed by atoms with Crippen molar-refractivity contribution in [1.29, 1.82) is 0 Å². The fourth-order valence-corrected chi connectivity index (χ4v) is 3.41. The first-order chi connectivity index (χ1) is 7.35. The Morgan fingerprint density at radius 1 is 1.00 bits per heavy atom. The summed E-state index contributed by atoms with van der Waals surface area (Å²) in [6, 6.07) is 0.649.